The highest BCUT2D eigenvalue weighted by atomic mass is 32.1. The van der Waals surface area contributed by atoms with Crippen LogP contribution in [0.5, 0.6) is 0 Å². The lowest BCUT2D eigenvalue weighted by Gasteiger charge is -2.30. The van der Waals surface area contributed by atoms with Crippen LogP contribution < -0.4 is 0 Å². The molecule has 1 amide bonds. The Morgan fingerprint density at radius 1 is 1.26 bits per heavy atom. The summed E-state index contributed by atoms with van der Waals surface area (Å²) in [5.74, 6) is 0.353. The highest BCUT2D eigenvalue weighted by Crippen LogP contribution is 2.30. The maximum absolute atomic E-state index is 12.4. The molecule has 0 unspecified atom stereocenters. The lowest BCUT2D eigenvalue weighted by atomic mass is 9.97. The van der Waals surface area contributed by atoms with Crippen LogP contribution in [0.2, 0.25) is 0 Å². The number of thiophene rings is 1. The van der Waals surface area contributed by atoms with Crippen molar-refractivity contribution in [3.8, 4) is 0 Å². The second-order valence-electron chi connectivity index (χ2n) is 6.68. The number of amides is 1. The molecule has 2 aromatic heterocycles. The largest absolute Gasteiger partial charge is 0.451 e. The Balaban J connectivity index is 1.30. The van der Waals surface area contributed by atoms with Gasteiger partial charge in [0.1, 0.15) is 10.4 Å². The molecule has 6 nitrogen and oxygen atoms in total. The second-order valence-corrected chi connectivity index (χ2v) is 7.60. The number of aryl methyl sites for hydroxylation is 1. The molecule has 7 heteroatoms. The number of likely N-dealkylation sites (tertiary alicyclic amines) is 1. The van der Waals surface area contributed by atoms with E-state index in [1.807, 2.05) is 42.6 Å². The Morgan fingerprint density at radius 3 is 2.74 bits per heavy atom. The van der Waals surface area contributed by atoms with Gasteiger partial charge in [0.25, 0.3) is 5.91 Å². The molecule has 0 radical (unpaired) electrons. The normalized spacial score (nSPS) is 15.2. The van der Waals surface area contributed by atoms with Crippen LogP contribution in [-0.2, 0) is 9.53 Å². The van der Waals surface area contributed by atoms with E-state index in [1.54, 1.807) is 4.90 Å². The Morgan fingerprint density at radius 2 is 2.04 bits per heavy atom. The predicted molar refractivity (Wildman–Crippen MR) is 102 cm³/mol. The molecular formula is C20H20N2O4S. The molecule has 0 spiro atoms. The van der Waals surface area contributed by atoms with Gasteiger partial charge < -0.3 is 14.1 Å². The topological polar surface area (TPSA) is 72.6 Å². The molecule has 1 aromatic carbocycles. The maximum atomic E-state index is 12.4. The van der Waals surface area contributed by atoms with Gasteiger partial charge in [0.2, 0.25) is 0 Å². The fourth-order valence-corrected chi connectivity index (χ4v) is 4.12. The van der Waals surface area contributed by atoms with E-state index in [2.05, 4.69) is 4.98 Å². The maximum Gasteiger partial charge on any atom is 0.349 e. The van der Waals surface area contributed by atoms with Crippen LogP contribution in [0.1, 0.15) is 39.9 Å². The van der Waals surface area contributed by atoms with Gasteiger partial charge in [0.05, 0.1) is 0 Å². The van der Waals surface area contributed by atoms with Gasteiger partial charge in [0, 0.05) is 19.0 Å². The van der Waals surface area contributed by atoms with Gasteiger partial charge in [-0.2, -0.15) is 0 Å². The number of nitrogens with zero attached hydrogens (tertiary/aromatic N) is 2. The fourth-order valence-electron chi connectivity index (χ4n) is 3.31. The monoisotopic (exact) mass is 384 g/mol. The molecule has 0 bridgehead atoms. The van der Waals surface area contributed by atoms with Crippen LogP contribution in [-0.4, -0.2) is 41.5 Å². The van der Waals surface area contributed by atoms with E-state index in [9.17, 15) is 9.59 Å². The van der Waals surface area contributed by atoms with Crippen LogP contribution in [0.15, 0.2) is 40.1 Å². The molecule has 0 N–H and O–H groups in total. The molecule has 1 aliphatic heterocycles. The summed E-state index contributed by atoms with van der Waals surface area (Å²) in [7, 11) is 0. The van der Waals surface area contributed by atoms with Crippen molar-refractivity contribution in [1.29, 1.82) is 0 Å². The number of benzene rings is 1. The minimum Gasteiger partial charge on any atom is -0.451 e. The minimum atomic E-state index is -0.433. The molecule has 140 valence electrons. The van der Waals surface area contributed by atoms with Crippen molar-refractivity contribution in [2.75, 3.05) is 19.7 Å². The summed E-state index contributed by atoms with van der Waals surface area (Å²) in [5, 5.41) is 1.84. The molecule has 0 atom stereocenters. The van der Waals surface area contributed by atoms with E-state index < -0.39 is 5.97 Å². The van der Waals surface area contributed by atoms with Gasteiger partial charge >= 0.3 is 5.97 Å². The number of piperidine rings is 1. The van der Waals surface area contributed by atoms with Gasteiger partial charge in [-0.1, -0.05) is 12.1 Å². The lowest BCUT2D eigenvalue weighted by molar-refractivity contribution is -0.135. The lowest BCUT2D eigenvalue weighted by Crippen LogP contribution is -2.40. The molecule has 3 heterocycles. The zero-order valence-electron chi connectivity index (χ0n) is 15.0. The van der Waals surface area contributed by atoms with Gasteiger partial charge in [-0.15, -0.1) is 11.3 Å². The van der Waals surface area contributed by atoms with Crippen molar-refractivity contribution in [2.24, 2.45) is 0 Å². The van der Waals surface area contributed by atoms with E-state index >= 15 is 0 Å². The Labute approximate surface area is 160 Å². The molecular weight excluding hydrogens is 364 g/mol. The van der Waals surface area contributed by atoms with E-state index in [0.717, 1.165) is 35.4 Å². The highest BCUT2D eigenvalue weighted by molar-refractivity contribution is 7.12. The molecule has 1 saturated heterocycles. The number of para-hydroxylation sites is 2. The number of esters is 1. The van der Waals surface area contributed by atoms with Crippen molar-refractivity contribution >= 4 is 34.3 Å². The first-order valence-corrected chi connectivity index (χ1v) is 9.84. The molecule has 0 aliphatic carbocycles. The van der Waals surface area contributed by atoms with Gasteiger partial charge in [-0.3, -0.25) is 4.79 Å². The summed E-state index contributed by atoms with van der Waals surface area (Å²) < 4.78 is 11.0. The number of hydrogen-bond acceptors (Lipinski definition) is 6. The van der Waals surface area contributed by atoms with Gasteiger partial charge in [0.15, 0.2) is 18.1 Å². The molecule has 1 aliphatic rings. The third kappa shape index (κ3) is 3.73. The Bertz CT molecular complexity index is 936. The predicted octanol–water partition coefficient (Wildman–Crippen LogP) is 3.76. The van der Waals surface area contributed by atoms with Crippen molar-refractivity contribution in [3.05, 3.63) is 52.0 Å². The number of hydrogen-bond donors (Lipinski definition) is 0. The van der Waals surface area contributed by atoms with Crippen LogP contribution >= 0.6 is 11.3 Å². The third-order valence-corrected chi connectivity index (χ3v) is 5.88. The molecule has 0 saturated carbocycles. The standard InChI is InChI=1S/C20H20N2O4S/c1-13-8-11-27-18(13)20(24)25-12-17(23)22-9-6-14(7-10-22)19-21-15-4-2-3-5-16(15)26-19/h2-5,8,11,14H,6-7,9-10,12H2,1H3. The number of carbonyl (C=O) groups is 2. The molecule has 27 heavy (non-hydrogen) atoms. The van der Waals surface area contributed by atoms with Crippen molar-refractivity contribution in [2.45, 2.75) is 25.7 Å². The van der Waals surface area contributed by atoms with Crippen molar-refractivity contribution in [3.63, 3.8) is 0 Å². The molecule has 4 rings (SSSR count). The van der Waals surface area contributed by atoms with E-state index in [0.29, 0.717) is 18.0 Å². The van der Waals surface area contributed by atoms with Crippen molar-refractivity contribution in [1.82, 2.24) is 9.88 Å². The SMILES string of the molecule is Cc1ccsc1C(=O)OCC(=O)N1CCC(c2nc3ccccc3o2)CC1. The zero-order valence-corrected chi connectivity index (χ0v) is 15.8. The zero-order chi connectivity index (χ0) is 18.8. The first-order chi connectivity index (χ1) is 13.1. The average Bonchev–Trinajstić information content (AvgIpc) is 3.32. The second kappa shape index (κ2) is 7.52. The number of oxazole rings is 1. The van der Waals surface area contributed by atoms with Gasteiger partial charge in [-0.25, -0.2) is 9.78 Å². The Hall–Kier alpha value is -2.67. The summed E-state index contributed by atoms with van der Waals surface area (Å²) in [6.07, 6.45) is 1.58. The smallest absolute Gasteiger partial charge is 0.349 e. The summed E-state index contributed by atoms with van der Waals surface area (Å²) in [5.41, 5.74) is 2.53. The first kappa shape index (κ1) is 17.7. The quantitative estimate of drug-likeness (QED) is 0.641. The van der Waals surface area contributed by atoms with Gasteiger partial charge in [-0.05, 0) is 48.9 Å². The fraction of sp³-hybridized carbons (Fsp3) is 0.350. The number of fused-ring (bicyclic) bond motifs is 1. The number of carbonyl (C=O) groups excluding carboxylic acids is 2. The minimum absolute atomic E-state index is 0.159. The van der Waals surface area contributed by atoms with Crippen molar-refractivity contribution < 1.29 is 18.7 Å². The van der Waals surface area contributed by atoms with Crippen LogP contribution in [0.25, 0.3) is 11.1 Å². The van der Waals surface area contributed by atoms with Crippen LogP contribution in [0, 0.1) is 6.92 Å². The van der Waals surface area contributed by atoms with Crippen LogP contribution in [0.4, 0.5) is 0 Å². The summed E-state index contributed by atoms with van der Waals surface area (Å²) in [4.78, 5) is 31.2. The summed E-state index contributed by atoms with van der Waals surface area (Å²) in [6.45, 7) is 2.85. The average molecular weight is 384 g/mol. The third-order valence-electron chi connectivity index (χ3n) is 4.88. The number of rotatable bonds is 4. The van der Waals surface area contributed by atoms with E-state index in [4.69, 9.17) is 9.15 Å². The Kier molecular flexibility index (Phi) is 4.94. The first-order valence-electron chi connectivity index (χ1n) is 8.96. The number of ether oxygens (including phenoxy) is 1. The summed E-state index contributed by atoms with van der Waals surface area (Å²) >= 11 is 1.33. The highest BCUT2D eigenvalue weighted by Gasteiger charge is 2.27. The van der Waals surface area contributed by atoms with Crippen LogP contribution in [0.3, 0.4) is 0 Å². The van der Waals surface area contributed by atoms with E-state index in [1.165, 1.54) is 11.3 Å². The molecule has 1 fully saturated rings. The summed E-state index contributed by atoms with van der Waals surface area (Å²) in [6, 6.07) is 9.57. The molecule has 3 aromatic rings. The van der Waals surface area contributed by atoms with E-state index in [-0.39, 0.29) is 18.4 Å². The number of aromatic nitrogens is 1.